The number of amides is 1. The lowest BCUT2D eigenvalue weighted by Gasteiger charge is -2.62. The summed E-state index contributed by atoms with van der Waals surface area (Å²) in [6.07, 6.45) is 6.85. The van der Waals surface area contributed by atoms with Gasteiger partial charge >= 0.3 is 10.4 Å². The van der Waals surface area contributed by atoms with E-state index in [-0.39, 0.29) is 35.6 Å². The SMILES string of the molecule is C[C@H](CCC(=O)NCCS(=O)(=O)O)[C@H]1CC[C@H]2[C@@H]3CC[C@@H]4C[C@H](OS(=O)(=O)O)CC[C@]4(C)[C@H]3C[C@H](O)[C@]12C. The van der Waals surface area contributed by atoms with Gasteiger partial charge in [0.1, 0.15) is 0 Å². The van der Waals surface area contributed by atoms with Crippen LogP contribution < -0.4 is 5.32 Å². The number of fused-ring (bicyclic) bond motifs is 5. The quantitative estimate of drug-likeness (QED) is 0.300. The summed E-state index contributed by atoms with van der Waals surface area (Å²) in [4.78, 5) is 12.2. The van der Waals surface area contributed by atoms with Crippen molar-refractivity contribution >= 4 is 26.4 Å². The third-order valence-corrected chi connectivity index (χ3v) is 12.5. The van der Waals surface area contributed by atoms with Crippen molar-refractivity contribution in [2.75, 3.05) is 12.3 Å². The highest BCUT2D eigenvalue weighted by Gasteiger charge is 2.63. The van der Waals surface area contributed by atoms with Crippen LogP contribution in [0.5, 0.6) is 0 Å². The Balaban J connectivity index is 1.39. The summed E-state index contributed by atoms with van der Waals surface area (Å²) in [6, 6.07) is 0. The Morgan fingerprint density at radius 2 is 1.74 bits per heavy atom. The lowest BCUT2D eigenvalue weighted by molar-refractivity contribution is -0.173. The molecule has 4 N–H and O–H groups in total. The highest BCUT2D eigenvalue weighted by atomic mass is 32.3. The van der Waals surface area contributed by atoms with Crippen LogP contribution in [0.15, 0.2) is 0 Å². The van der Waals surface area contributed by atoms with Crippen LogP contribution in [0.1, 0.15) is 85.0 Å². The van der Waals surface area contributed by atoms with E-state index in [1.807, 2.05) is 0 Å². The monoisotopic (exact) mass is 579 g/mol. The van der Waals surface area contributed by atoms with Crippen LogP contribution in [0.2, 0.25) is 0 Å². The van der Waals surface area contributed by atoms with E-state index in [0.29, 0.717) is 48.9 Å². The normalized spacial score (nSPS) is 42.0. The molecular weight excluding hydrogens is 534 g/mol. The summed E-state index contributed by atoms with van der Waals surface area (Å²) in [6.45, 7) is 6.59. The summed E-state index contributed by atoms with van der Waals surface area (Å²) in [5.74, 6) is 1.35. The van der Waals surface area contributed by atoms with Crippen molar-refractivity contribution in [3.63, 3.8) is 0 Å². The average molecular weight is 580 g/mol. The first kappa shape index (κ1) is 30.2. The van der Waals surface area contributed by atoms with Crippen LogP contribution in [0.25, 0.3) is 0 Å². The molecule has 0 aromatic heterocycles. The fraction of sp³-hybridized carbons (Fsp3) is 0.962. The zero-order valence-corrected chi connectivity index (χ0v) is 24.3. The van der Waals surface area contributed by atoms with E-state index < -0.39 is 38.5 Å². The van der Waals surface area contributed by atoms with Gasteiger partial charge in [-0.15, -0.1) is 0 Å². The Kier molecular flexibility index (Phi) is 8.65. The second-order valence-electron chi connectivity index (χ2n) is 13.0. The van der Waals surface area contributed by atoms with Gasteiger partial charge in [0.05, 0.1) is 18.0 Å². The van der Waals surface area contributed by atoms with E-state index in [1.165, 1.54) is 0 Å². The van der Waals surface area contributed by atoms with E-state index >= 15 is 0 Å². The lowest BCUT2D eigenvalue weighted by Crippen LogP contribution is -2.59. The number of carbonyl (C=O) groups excluding carboxylic acids is 1. The third kappa shape index (κ3) is 6.10. The maximum Gasteiger partial charge on any atom is 0.397 e. The predicted octanol–water partition coefficient (Wildman–Crippen LogP) is 3.22. The third-order valence-electron chi connectivity index (χ3n) is 11.2. The second-order valence-corrected chi connectivity index (χ2v) is 15.7. The number of rotatable bonds is 9. The molecule has 0 spiro atoms. The highest BCUT2D eigenvalue weighted by molar-refractivity contribution is 7.85. The number of nitrogens with one attached hydrogen (secondary N) is 1. The van der Waals surface area contributed by atoms with Crippen molar-refractivity contribution in [3.05, 3.63) is 0 Å². The molecule has 4 fully saturated rings. The fourth-order valence-electron chi connectivity index (χ4n) is 9.37. The second kappa shape index (κ2) is 10.9. The summed E-state index contributed by atoms with van der Waals surface area (Å²) < 4.78 is 67.2. The lowest BCUT2D eigenvalue weighted by atomic mass is 9.43. The molecule has 4 aliphatic rings. The van der Waals surface area contributed by atoms with Gasteiger partial charge < -0.3 is 10.4 Å². The van der Waals surface area contributed by atoms with Crippen molar-refractivity contribution in [1.29, 1.82) is 0 Å². The first-order valence-electron chi connectivity index (χ1n) is 14.1. The van der Waals surface area contributed by atoms with Crippen molar-refractivity contribution < 1.29 is 40.0 Å². The van der Waals surface area contributed by atoms with Crippen molar-refractivity contribution in [2.45, 2.75) is 97.2 Å². The summed E-state index contributed by atoms with van der Waals surface area (Å²) in [5.41, 5.74) is -0.218. The molecule has 0 aromatic rings. The van der Waals surface area contributed by atoms with Gasteiger partial charge in [-0.05, 0) is 104 Å². The maximum absolute atomic E-state index is 12.2. The van der Waals surface area contributed by atoms with Gasteiger partial charge in [0.2, 0.25) is 5.91 Å². The van der Waals surface area contributed by atoms with E-state index in [2.05, 4.69) is 26.1 Å². The topological polar surface area (TPSA) is 167 Å². The van der Waals surface area contributed by atoms with E-state index in [0.717, 1.165) is 38.5 Å². The Bertz CT molecular complexity index is 1100. The minimum Gasteiger partial charge on any atom is -0.393 e. The molecule has 0 bridgehead atoms. The Morgan fingerprint density at radius 3 is 2.39 bits per heavy atom. The van der Waals surface area contributed by atoms with Gasteiger partial charge in [0.15, 0.2) is 0 Å². The van der Waals surface area contributed by atoms with Gasteiger partial charge in [-0.3, -0.25) is 13.9 Å². The van der Waals surface area contributed by atoms with Gasteiger partial charge in [0.25, 0.3) is 10.1 Å². The first-order valence-corrected chi connectivity index (χ1v) is 17.1. The standard InChI is InChI=1S/C26H45NO9S2/c1-16(4-9-24(29)27-12-13-37(30,31)32)20-7-8-21-19-6-5-17-14-18(36-38(33,34)35)10-11-25(17,2)22(19)15-23(28)26(20,21)3/h16-23,28H,4-15H2,1-3H3,(H,27,29)(H,30,31,32)(H,33,34,35)/t16-,17-,18-,19+,20-,21+,22+,23+,25+,26-/m1/s1. The molecule has 10 atom stereocenters. The molecule has 0 aliphatic heterocycles. The molecule has 1 amide bonds. The Morgan fingerprint density at radius 1 is 1.03 bits per heavy atom. The first-order chi connectivity index (χ1) is 17.5. The molecule has 12 heteroatoms. The van der Waals surface area contributed by atoms with Crippen molar-refractivity contribution in [1.82, 2.24) is 5.32 Å². The summed E-state index contributed by atoms with van der Waals surface area (Å²) in [5, 5.41) is 14.2. The van der Waals surface area contributed by atoms with E-state index in [1.54, 1.807) is 0 Å². The predicted molar refractivity (Wildman–Crippen MR) is 141 cm³/mol. The number of hydrogen-bond donors (Lipinski definition) is 4. The van der Waals surface area contributed by atoms with Crippen LogP contribution in [-0.2, 0) is 29.5 Å². The minimum atomic E-state index is -4.47. The Hall–Kier alpha value is -0.790. The van der Waals surface area contributed by atoms with E-state index in [4.69, 9.17) is 13.3 Å². The zero-order valence-electron chi connectivity index (χ0n) is 22.7. The molecular formula is C26H45NO9S2. The van der Waals surface area contributed by atoms with Gasteiger partial charge in [-0.25, -0.2) is 4.18 Å². The smallest absolute Gasteiger partial charge is 0.393 e. The summed E-state index contributed by atoms with van der Waals surface area (Å²) >= 11 is 0. The number of hydrogen-bond acceptors (Lipinski definition) is 7. The Labute approximate surface area is 227 Å². The van der Waals surface area contributed by atoms with Crippen LogP contribution in [0.3, 0.4) is 0 Å². The number of carbonyl (C=O) groups is 1. The number of aliphatic hydroxyl groups excluding tert-OH is 1. The van der Waals surface area contributed by atoms with E-state index in [9.17, 15) is 26.7 Å². The molecule has 0 saturated heterocycles. The average Bonchev–Trinajstić information content (AvgIpc) is 3.15. The maximum atomic E-state index is 12.2. The molecule has 0 heterocycles. The van der Waals surface area contributed by atoms with Gasteiger partial charge in [-0.1, -0.05) is 20.8 Å². The molecule has 4 aliphatic carbocycles. The van der Waals surface area contributed by atoms with Crippen LogP contribution in [-0.4, -0.2) is 61.5 Å². The molecule has 0 unspecified atom stereocenters. The van der Waals surface area contributed by atoms with Gasteiger partial charge in [-0.2, -0.15) is 16.8 Å². The molecule has 0 aromatic carbocycles. The van der Waals surface area contributed by atoms with Crippen molar-refractivity contribution in [2.24, 2.45) is 46.3 Å². The molecule has 10 nitrogen and oxygen atoms in total. The zero-order chi connectivity index (χ0) is 28.1. The molecule has 220 valence electrons. The van der Waals surface area contributed by atoms with Crippen molar-refractivity contribution in [3.8, 4) is 0 Å². The summed E-state index contributed by atoms with van der Waals surface area (Å²) in [7, 11) is -8.57. The molecule has 4 saturated carbocycles. The van der Waals surface area contributed by atoms with Crippen LogP contribution in [0, 0.1) is 46.3 Å². The molecule has 38 heavy (non-hydrogen) atoms. The minimum absolute atomic E-state index is 0.00808. The van der Waals surface area contributed by atoms with Crippen LogP contribution in [0.4, 0.5) is 0 Å². The highest BCUT2D eigenvalue weighted by Crippen LogP contribution is 2.68. The molecule has 4 rings (SSSR count). The largest absolute Gasteiger partial charge is 0.397 e. The number of aliphatic hydroxyl groups is 1. The fourth-order valence-corrected chi connectivity index (χ4v) is 10.2. The van der Waals surface area contributed by atoms with Crippen LogP contribution >= 0.6 is 0 Å². The molecule has 0 radical (unpaired) electrons. The van der Waals surface area contributed by atoms with Gasteiger partial charge in [0, 0.05) is 13.0 Å².